The third-order valence-electron chi connectivity index (χ3n) is 3.66. The molecular weight excluding hydrogens is 297 g/mol. The molecule has 1 N–H and O–H groups in total. The number of benzene rings is 1. The van der Waals surface area contributed by atoms with Crippen LogP contribution in [0, 0.1) is 11.2 Å². The Labute approximate surface area is 115 Å². The van der Waals surface area contributed by atoms with Gasteiger partial charge in [0, 0.05) is 11.0 Å². The molecular formula is C14H17BrFNO. The largest absolute Gasteiger partial charge is 0.351 e. The Morgan fingerprint density at radius 3 is 2.78 bits per heavy atom. The first-order valence-electron chi connectivity index (χ1n) is 6.23. The number of amides is 1. The summed E-state index contributed by atoms with van der Waals surface area (Å²) in [6.07, 6.45) is 4.77. The van der Waals surface area contributed by atoms with Crippen LogP contribution in [-0.2, 0) is 0 Å². The second kappa shape index (κ2) is 5.39. The van der Waals surface area contributed by atoms with Crippen molar-refractivity contribution in [2.24, 2.45) is 5.41 Å². The molecule has 1 aromatic carbocycles. The Kier molecular flexibility index (Phi) is 4.05. The van der Waals surface area contributed by atoms with Gasteiger partial charge < -0.3 is 5.32 Å². The zero-order valence-corrected chi connectivity index (χ0v) is 12.0. The van der Waals surface area contributed by atoms with Crippen molar-refractivity contribution in [3.63, 3.8) is 0 Å². The van der Waals surface area contributed by atoms with Crippen LogP contribution in [0.25, 0.3) is 0 Å². The van der Waals surface area contributed by atoms with E-state index in [1.165, 1.54) is 25.0 Å². The molecule has 1 amide bonds. The molecule has 98 valence electrons. The zero-order chi connectivity index (χ0) is 13.2. The number of carbonyl (C=O) groups is 1. The highest BCUT2D eigenvalue weighted by Gasteiger charge is 2.29. The number of hydrogen-bond acceptors (Lipinski definition) is 1. The minimum Gasteiger partial charge on any atom is -0.351 e. The summed E-state index contributed by atoms with van der Waals surface area (Å²) < 4.78 is 13.7. The lowest BCUT2D eigenvalue weighted by atomic mass is 9.89. The first kappa shape index (κ1) is 13.5. The van der Waals surface area contributed by atoms with Crippen LogP contribution in [0.5, 0.6) is 0 Å². The fraction of sp³-hybridized carbons (Fsp3) is 0.500. The Hall–Kier alpha value is -0.900. The van der Waals surface area contributed by atoms with Gasteiger partial charge in [-0.25, -0.2) is 4.39 Å². The maximum absolute atomic E-state index is 13.1. The molecule has 18 heavy (non-hydrogen) atoms. The lowest BCUT2D eigenvalue weighted by Gasteiger charge is -2.23. The van der Waals surface area contributed by atoms with E-state index in [2.05, 4.69) is 28.2 Å². The average Bonchev–Trinajstić information content (AvgIpc) is 2.77. The number of hydrogen-bond donors (Lipinski definition) is 1. The van der Waals surface area contributed by atoms with Crippen LogP contribution in [0.2, 0.25) is 0 Å². The summed E-state index contributed by atoms with van der Waals surface area (Å²) in [5.41, 5.74) is 0.562. The van der Waals surface area contributed by atoms with E-state index in [0.717, 1.165) is 12.8 Å². The summed E-state index contributed by atoms with van der Waals surface area (Å²) in [6.45, 7) is 2.86. The van der Waals surface area contributed by atoms with Crippen molar-refractivity contribution in [3.05, 3.63) is 34.1 Å². The van der Waals surface area contributed by atoms with Crippen molar-refractivity contribution < 1.29 is 9.18 Å². The summed E-state index contributed by atoms with van der Waals surface area (Å²) in [7, 11) is 0. The van der Waals surface area contributed by atoms with Crippen molar-refractivity contribution in [1.82, 2.24) is 5.32 Å². The molecule has 0 aromatic heterocycles. The van der Waals surface area contributed by atoms with Gasteiger partial charge in [0.25, 0.3) is 5.91 Å². The lowest BCUT2D eigenvalue weighted by Crippen LogP contribution is -2.34. The highest BCUT2D eigenvalue weighted by molar-refractivity contribution is 9.10. The Bertz CT molecular complexity index is 455. The molecule has 0 unspecified atom stereocenters. The molecule has 1 saturated carbocycles. The molecule has 0 radical (unpaired) electrons. The van der Waals surface area contributed by atoms with Crippen molar-refractivity contribution in [3.8, 4) is 0 Å². The minimum absolute atomic E-state index is 0.204. The molecule has 1 fully saturated rings. The molecule has 0 spiro atoms. The quantitative estimate of drug-likeness (QED) is 0.901. The summed E-state index contributed by atoms with van der Waals surface area (Å²) in [4.78, 5) is 12.0. The molecule has 1 aliphatic rings. The van der Waals surface area contributed by atoms with Crippen LogP contribution in [0.1, 0.15) is 43.0 Å². The van der Waals surface area contributed by atoms with Gasteiger partial charge in [-0.1, -0.05) is 19.8 Å². The summed E-state index contributed by atoms with van der Waals surface area (Å²) in [5, 5.41) is 2.91. The maximum atomic E-state index is 13.1. The summed E-state index contributed by atoms with van der Waals surface area (Å²) in [5.74, 6) is -0.607. The van der Waals surface area contributed by atoms with Crippen LogP contribution in [0.3, 0.4) is 0 Å². The van der Waals surface area contributed by atoms with E-state index in [-0.39, 0.29) is 11.3 Å². The first-order valence-corrected chi connectivity index (χ1v) is 7.03. The number of nitrogens with one attached hydrogen (secondary N) is 1. The lowest BCUT2D eigenvalue weighted by molar-refractivity contribution is 0.0933. The monoisotopic (exact) mass is 313 g/mol. The van der Waals surface area contributed by atoms with Gasteiger partial charge in [-0.3, -0.25) is 4.79 Å². The number of carbonyl (C=O) groups excluding carboxylic acids is 1. The van der Waals surface area contributed by atoms with E-state index >= 15 is 0 Å². The SMILES string of the molecule is CC1(CNC(=O)c2cc(F)ccc2Br)CCCC1. The molecule has 1 aromatic rings. The molecule has 0 bridgehead atoms. The maximum Gasteiger partial charge on any atom is 0.252 e. The van der Waals surface area contributed by atoms with E-state index < -0.39 is 5.82 Å². The van der Waals surface area contributed by atoms with Gasteiger partial charge in [0.05, 0.1) is 5.56 Å². The molecule has 2 nitrogen and oxygen atoms in total. The fourth-order valence-electron chi connectivity index (χ4n) is 2.47. The Morgan fingerprint density at radius 2 is 2.11 bits per heavy atom. The molecule has 0 heterocycles. The molecule has 2 rings (SSSR count). The zero-order valence-electron chi connectivity index (χ0n) is 10.4. The van der Waals surface area contributed by atoms with Gasteiger partial charge >= 0.3 is 0 Å². The second-order valence-electron chi connectivity index (χ2n) is 5.32. The van der Waals surface area contributed by atoms with E-state index in [9.17, 15) is 9.18 Å². The number of rotatable bonds is 3. The number of halogens is 2. The van der Waals surface area contributed by atoms with E-state index in [4.69, 9.17) is 0 Å². The van der Waals surface area contributed by atoms with Gasteiger partial charge in [-0.15, -0.1) is 0 Å². The highest BCUT2D eigenvalue weighted by Crippen LogP contribution is 2.36. The third-order valence-corrected chi connectivity index (χ3v) is 4.35. The summed E-state index contributed by atoms with van der Waals surface area (Å²) >= 11 is 3.27. The third kappa shape index (κ3) is 3.10. The highest BCUT2D eigenvalue weighted by atomic mass is 79.9. The Balaban J connectivity index is 2.01. The first-order chi connectivity index (χ1) is 8.50. The van der Waals surface area contributed by atoms with Gasteiger partial charge in [0.1, 0.15) is 5.82 Å². The minimum atomic E-state index is -0.393. The molecule has 1 aliphatic carbocycles. The predicted molar refractivity (Wildman–Crippen MR) is 73.0 cm³/mol. The van der Waals surface area contributed by atoms with Crippen LogP contribution < -0.4 is 5.32 Å². The van der Waals surface area contributed by atoms with Crippen molar-refractivity contribution in [2.75, 3.05) is 6.54 Å². The average molecular weight is 314 g/mol. The van der Waals surface area contributed by atoms with Crippen LogP contribution in [-0.4, -0.2) is 12.5 Å². The smallest absolute Gasteiger partial charge is 0.252 e. The topological polar surface area (TPSA) is 29.1 Å². The van der Waals surface area contributed by atoms with Gasteiger partial charge in [-0.05, 0) is 52.4 Å². The van der Waals surface area contributed by atoms with Crippen LogP contribution in [0.4, 0.5) is 4.39 Å². The van der Waals surface area contributed by atoms with E-state index in [1.807, 2.05) is 0 Å². The molecule has 4 heteroatoms. The van der Waals surface area contributed by atoms with Crippen LogP contribution in [0.15, 0.2) is 22.7 Å². The standard InChI is InChI=1S/C14H17BrFNO/c1-14(6-2-3-7-14)9-17-13(18)11-8-10(16)4-5-12(11)15/h4-5,8H,2-3,6-7,9H2,1H3,(H,17,18). The fourth-order valence-corrected chi connectivity index (χ4v) is 2.89. The summed E-state index contributed by atoms with van der Waals surface area (Å²) in [6, 6.07) is 4.15. The second-order valence-corrected chi connectivity index (χ2v) is 6.18. The molecule has 0 aliphatic heterocycles. The van der Waals surface area contributed by atoms with Crippen molar-refractivity contribution in [2.45, 2.75) is 32.6 Å². The predicted octanol–water partition coefficient (Wildman–Crippen LogP) is 3.90. The van der Waals surface area contributed by atoms with E-state index in [0.29, 0.717) is 16.6 Å². The normalized spacial score (nSPS) is 17.7. The van der Waals surface area contributed by atoms with Gasteiger partial charge in [0.15, 0.2) is 0 Å². The van der Waals surface area contributed by atoms with Gasteiger partial charge in [-0.2, -0.15) is 0 Å². The molecule has 0 saturated heterocycles. The molecule has 0 atom stereocenters. The van der Waals surface area contributed by atoms with Crippen molar-refractivity contribution in [1.29, 1.82) is 0 Å². The van der Waals surface area contributed by atoms with Crippen LogP contribution >= 0.6 is 15.9 Å². The van der Waals surface area contributed by atoms with E-state index in [1.54, 1.807) is 6.07 Å². The van der Waals surface area contributed by atoms with Gasteiger partial charge in [0.2, 0.25) is 0 Å². The Morgan fingerprint density at radius 1 is 1.44 bits per heavy atom. The van der Waals surface area contributed by atoms with Crippen molar-refractivity contribution >= 4 is 21.8 Å².